The van der Waals surface area contributed by atoms with E-state index in [9.17, 15) is 9.90 Å². The van der Waals surface area contributed by atoms with E-state index in [-0.39, 0.29) is 18.6 Å². The zero-order valence-corrected chi connectivity index (χ0v) is 14.0. The summed E-state index contributed by atoms with van der Waals surface area (Å²) in [4.78, 5) is 14.6. The molecule has 0 unspecified atom stereocenters. The Kier molecular flexibility index (Phi) is 4.23. The first kappa shape index (κ1) is 16.1. The van der Waals surface area contributed by atoms with Crippen LogP contribution in [0, 0.1) is 11.8 Å². The molecule has 0 radical (unpaired) electrons. The van der Waals surface area contributed by atoms with Gasteiger partial charge in [0.1, 0.15) is 0 Å². The number of carbonyl (C=O) groups excluding carboxylic acids is 1. The molecule has 1 fully saturated rings. The van der Waals surface area contributed by atoms with Gasteiger partial charge in [-0.25, -0.2) is 0 Å². The number of fused-ring (bicyclic) bond motifs is 1. The fourth-order valence-corrected chi connectivity index (χ4v) is 3.41. The number of hydrogen-bond donors (Lipinski definition) is 1. The topological polar surface area (TPSA) is 59.0 Å². The lowest BCUT2D eigenvalue weighted by atomic mass is 9.78. The van der Waals surface area contributed by atoms with E-state index in [4.69, 9.17) is 9.47 Å². The first-order valence-corrected chi connectivity index (χ1v) is 8.28. The van der Waals surface area contributed by atoms with Gasteiger partial charge in [-0.05, 0) is 43.9 Å². The SMILES string of the molecule is CC(C)C[C@H]1CN(C(=O)c2ccc3c(c2)OCO3)CC[C@@]1(C)O. The Bertz CT molecular complexity index is 597. The van der Waals surface area contributed by atoms with E-state index < -0.39 is 5.60 Å². The molecule has 2 aliphatic rings. The lowest BCUT2D eigenvalue weighted by Gasteiger charge is -2.43. The fraction of sp³-hybridized carbons (Fsp3) is 0.611. The molecule has 0 spiro atoms. The van der Waals surface area contributed by atoms with Crippen molar-refractivity contribution < 1.29 is 19.4 Å². The van der Waals surface area contributed by atoms with Crippen LogP contribution in [-0.2, 0) is 0 Å². The second-order valence-electron chi connectivity index (χ2n) is 7.25. The molecule has 0 aliphatic carbocycles. The van der Waals surface area contributed by atoms with Crippen LogP contribution in [0.3, 0.4) is 0 Å². The van der Waals surface area contributed by atoms with E-state index in [0.717, 1.165) is 6.42 Å². The Hall–Kier alpha value is -1.75. The number of rotatable bonds is 3. The Labute approximate surface area is 137 Å². The third-order valence-electron chi connectivity index (χ3n) is 4.87. The molecule has 126 valence electrons. The van der Waals surface area contributed by atoms with Crippen LogP contribution in [0.5, 0.6) is 11.5 Å². The van der Waals surface area contributed by atoms with Crippen molar-refractivity contribution in [2.45, 2.75) is 39.2 Å². The predicted octanol–water partition coefficient (Wildman–Crippen LogP) is 2.67. The monoisotopic (exact) mass is 319 g/mol. The summed E-state index contributed by atoms with van der Waals surface area (Å²) in [6.07, 6.45) is 1.53. The molecular weight excluding hydrogens is 294 g/mol. The fourth-order valence-electron chi connectivity index (χ4n) is 3.41. The third-order valence-corrected chi connectivity index (χ3v) is 4.87. The first-order chi connectivity index (χ1) is 10.9. The maximum absolute atomic E-state index is 12.8. The standard InChI is InChI=1S/C18H25NO4/c1-12(2)8-14-10-19(7-6-18(14,3)21)17(20)13-4-5-15-16(9-13)23-11-22-15/h4-5,9,12,14,21H,6-8,10-11H2,1-3H3/t14-,18+/m0/s1. The summed E-state index contributed by atoms with van der Waals surface area (Å²) in [5, 5.41) is 10.6. The lowest BCUT2D eigenvalue weighted by molar-refractivity contribution is -0.0577. The summed E-state index contributed by atoms with van der Waals surface area (Å²) < 4.78 is 10.6. The minimum Gasteiger partial charge on any atom is -0.454 e. The Morgan fingerprint density at radius 2 is 2.13 bits per heavy atom. The van der Waals surface area contributed by atoms with Crippen LogP contribution < -0.4 is 9.47 Å². The van der Waals surface area contributed by atoms with Crippen LogP contribution in [0.4, 0.5) is 0 Å². The van der Waals surface area contributed by atoms with Crippen LogP contribution in [0.15, 0.2) is 18.2 Å². The summed E-state index contributed by atoms with van der Waals surface area (Å²) in [5.74, 6) is 1.90. The van der Waals surface area contributed by atoms with Gasteiger partial charge in [0.05, 0.1) is 5.60 Å². The van der Waals surface area contributed by atoms with Crippen molar-refractivity contribution in [2.75, 3.05) is 19.9 Å². The minimum atomic E-state index is -0.698. The second-order valence-corrected chi connectivity index (χ2v) is 7.25. The molecular formula is C18H25NO4. The first-order valence-electron chi connectivity index (χ1n) is 8.28. The van der Waals surface area contributed by atoms with E-state index in [0.29, 0.717) is 42.5 Å². The molecule has 5 heteroatoms. The summed E-state index contributed by atoms with van der Waals surface area (Å²) in [5.41, 5.74) is -0.0882. The van der Waals surface area contributed by atoms with Crippen molar-refractivity contribution in [3.63, 3.8) is 0 Å². The number of amides is 1. The summed E-state index contributed by atoms with van der Waals surface area (Å²) in [6.45, 7) is 7.56. The predicted molar refractivity (Wildman–Crippen MR) is 86.7 cm³/mol. The molecule has 2 aliphatic heterocycles. The summed E-state index contributed by atoms with van der Waals surface area (Å²) in [7, 11) is 0. The van der Waals surface area contributed by atoms with Gasteiger partial charge in [-0.3, -0.25) is 4.79 Å². The molecule has 1 aromatic carbocycles. The highest BCUT2D eigenvalue weighted by Crippen LogP contribution is 2.35. The van der Waals surface area contributed by atoms with E-state index in [1.54, 1.807) is 18.2 Å². The molecule has 1 amide bonds. The van der Waals surface area contributed by atoms with Crippen LogP contribution in [0.25, 0.3) is 0 Å². The normalized spacial score (nSPS) is 26.7. The van der Waals surface area contributed by atoms with Crippen molar-refractivity contribution in [3.05, 3.63) is 23.8 Å². The van der Waals surface area contributed by atoms with Gasteiger partial charge in [0.15, 0.2) is 11.5 Å². The van der Waals surface area contributed by atoms with Crippen LogP contribution in [-0.4, -0.2) is 41.4 Å². The molecule has 0 saturated carbocycles. The molecule has 0 aromatic heterocycles. The lowest BCUT2D eigenvalue weighted by Crippen LogP contribution is -2.52. The maximum Gasteiger partial charge on any atom is 0.254 e. The van der Waals surface area contributed by atoms with Crippen molar-refractivity contribution in [1.29, 1.82) is 0 Å². The average Bonchev–Trinajstić information content (AvgIpc) is 2.95. The van der Waals surface area contributed by atoms with Crippen molar-refractivity contribution in [1.82, 2.24) is 4.90 Å². The summed E-state index contributed by atoms with van der Waals surface area (Å²) >= 11 is 0. The molecule has 1 aromatic rings. The number of aliphatic hydroxyl groups is 1. The Morgan fingerprint density at radius 3 is 2.87 bits per heavy atom. The van der Waals surface area contributed by atoms with Gasteiger partial charge in [-0.15, -0.1) is 0 Å². The van der Waals surface area contributed by atoms with Gasteiger partial charge in [0.25, 0.3) is 5.91 Å². The van der Waals surface area contributed by atoms with E-state index in [2.05, 4.69) is 13.8 Å². The van der Waals surface area contributed by atoms with E-state index in [1.165, 1.54) is 0 Å². The smallest absolute Gasteiger partial charge is 0.254 e. The highest BCUT2D eigenvalue weighted by Gasteiger charge is 2.39. The number of likely N-dealkylation sites (tertiary alicyclic amines) is 1. The Morgan fingerprint density at radius 1 is 1.39 bits per heavy atom. The number of nitrogens with zero attached hydrogens (tertiary/aromatic N) is 1. The third kappa shape index (κ3) is 3.29. The van der Waals surface area contributed by atoms with Gasteiger partial charge in [-0.2, -0.15) is 0 Å². The van der Waals surface area contributed by atoms with Crippen LogP contribution >= 0.6 is 0 Å². The maximum atomic E-state index is 12.8. The zero-order chi connectivity index (χ0) is 16.6. The van der Waals surface area contributed by atoms with Crippen molar-refractivity contribution in [3.8, 4) is 11.5 Å². The molecule has 5 nitrogen and oxygen atoms in total. The van der Waals surface area contributed by atoms with Gasteiger partial charge in [0.2, 0.25) is 6.79 Å². The quantitative estimate of drug-likeness (QED) is 0.930. The van der Waals surface area contributed by atoms with Crippen LogP contribution in [0.2, 0.25) is 0 Å². The number of piperidine rings is 1. The summed E-state index contributed by atoms with van der Waals surface area (Å²) in [6, 6.07) is 5.30. The van der Waals surface area contributed by atoms with Gasteiger partial charge in [-0.1, -0.05) is 13.8 Å². The van der Waals surface area contributed by atoms with Gasteiger partial charge < -0.3 is 19.5 Å². The number of benzene rings is 1. The minimum absolute atomic E-state index is 0.00689. The van der Waals surface area contributed by atoms with E-state index in [1.807, 2.05) is 11.8 Å². The average molecular weight is 319 g/mol. The van der Waals surface area contributed by atoms with Crippen molar-refractivity contribution >= 4 is 5.91 Å². The molecule has 1 saturated heterocycles. The number of ether oxygens (including phenoxy) is 2. The second kappa shape index (κ2) is 6.04. The largest absolute Gasteiger partial charge is 0.454 e. The highest BCUT2D eigenvalue weighted by molar-refractivity contribution is 5.95. The molecule has 2 heterocycles. The highest BCUT2D eigenvalue weighted by atomic mass is 16.7. The Balaban J connectivity index is 1.75. The van der Waals surface area contributed by atoms with Crippen molar-refractivity contribution in [2.24, 2.45) is 11.8 Å². The molecule has 1 N–H and O–H groups in total. The zero-order valence-electron chi connectivity index (χ0n) is 14.0. The van der Waals surface area contributed by atoms with Gasteiger partial charge >= 0.3 is 0 Å². The number of carbonyl (C=O) groups is 1. The van der Waals surface area contributed by atoms with E-state index >= 15 is 0 Å². The van der Waals surface area contributed by atoms with Crippen LogP contribution in [0.1, 0.15) is 44.0 Å². The molecule has 2 atom stereocenters. The molecule has 0 bridgehead atoms. The molecule has 3 rings (SSSR count). The number of hydrogen-bond acceptors (Lipinski definition) is 4. The van der Waals surface area contributed by atoms with Gasteiger partial charge in [0, 0.05) is 24.6 Å². The molecule has 23 heavy (non-hydrogen) atoms.